The van der Waals surface area contributed by atoms with E-state index >= 15 is 0 Å². The lowest BCUT2D eigenvalue weighted by molar-refractivity contribution is 0.153. The molecule has 0 unspecified atom stereocenters. The molecule has 0 bridgehead atoms. The van der Waals surface area contributed by atoms with Crippen molar-refractivity contribution in [2.45, 2.75) is 19.3 Å². The lowest BCUT2D eigenvalue weighted by Gasteiger charge is -2.16. The smallest absolute Gasteiger partial charge is 0.195 e. The maximum atomic E-state index is 5.72. The molecule has 0 radical (unpaired) electrons. The molecule has 0 atom stereocenters. The van der Waals surface area contributed by atoms with Crippen LogP contribution in [0.5, 0.6) is 11.5 Å². The van der Waals surface area contributed by atoms with E-state index in [1.54, 1.807) is 7.05 Å². The van der Waals surface area contributed by atoms with Gasteiger partial charge in [0, 0.05) is 31.8 Å². The number of rotatable bonds is 4. The van der Waals surface area contributed by atoms with Gasteiger partial charge in [0.05, 0.1) is 26.4 Å². The van der Waals surface area contributed by atoms with E-state index in [-0.39, 0.29) is 24.0 Å². The molecule has 0 fully saturated rings. The molecule has 0 saturated carbocycles. The predicted octanol–water partition coefficient (Wildman–Crippen LogP) is 3.19. The number of guanidine groups is 1. The minimum atomic E-state index is 0. The molecule has 2 heterocycles. The van der Waals surface area contributed by atoms with E-state index in [1.807, 2.05) is 18.2 Å². The van der Waals surface area contributed by atoms with Gasteiger partial charge in [-0.1, -0.05) is 11.6 Å². The Morgan fingerprint density at radius 3 is 2.76 bits per heavy atom. The number of nitrogens with zero attached hydrogens (tertiary/aromatic N) is 1. The molecule has 0 aromatic heterocycles. The lowest BCUT2D eigenvalue weighted by atomic mass is 10.1. The molecule has 0 saturated heterocycles. The normalized spacial score (nSPS) is 17.0. The van der Waals surface area contributed by atoms with Crippen molar-refractivity contribution in [1.29, 1.82) is 0 Å². The van der Waals surface area contributed by atoms with Gasteiger partial charge in [0.1, 0.15) is 0 Å². The highest BCUT2D eigenvalue weighted by Crippen LogP contribution is 2.32. The van der Waals surface area contributed by atoms with Gasteiger partial charge in [-0.25, -0.2) is 0 Å². The number of fused-ring (bicyclic) bond motifs is 1. The standard InChI is InChI=1S/C18H25N3O3.HI/c1-19-18(20-8-5-14-6-11-22-12-7-14)21-15-3-4-16-17(13-15)24-10-2-9-23-16;/h3-4,6,13H,2,5,7-12H2,1H3,(H2,19,20,21);1H. The zero-order chi connectivity index (χ0) is 16.6. The first-order valence-electron chi connectivity index (χ1n) is 8.48. The van der Waals surface area contributed by atoms with Crippen molar-refractivity contribution in [1.82, 2.24) is 5.32 Å². The molecule has 2 aliphatic rings. The molecular weight excluding hydrogens is 433 g/mol. The highest BCUT2D eigenvalue weighted by atomic mass is 127. The van der Waals surface area contributed by atoms with Crippen LogP contribution in [-0.4, -0.2) is 46.0 Å². The minimum absolute atomic E-state index is 0. The number of aliphatic imine (C=N–C) groups is 1. The Balaban J connectivity index is 0.00000225. The van der Waals surface area contributed by atoms with Crippen LogP contribution in [-0.2, 0) is 4.74 Å². The molecule has 0 aliphatic carbocycles. The first kappa shape index (κ1) is 19.8. The van der Waals surface area contributed by atoms with E-state index in [0.29, 0.717) is 13.2 Å². The lowest BCUT2D eigenvalue weighted by Crippen LogP contribution is -2.31. The second kappa shape index (κ2) is 10.5. The van der Waals surface area contributed by atoms with E-state index in [2.05, 4.69) is 21.7 Å². The summed E-state index contributed by atoms with van der Waals surface area (Å²) in [5.74, 6) is 2.32. The van der Waals surface area contributed by atoms with Crippen LogP contribution in [0.15, 0.2) is 34.8 Å². The summed E-state index contributed by atoms with van der Waals surface area (Å²) in [7, 11) is 1.77. The number of hydrogen-bond acceptors (Lipinski definition) is 4. The highest BCUT2D eigenvalue weighted by molar-refractivity contribution is 14.0. The summed E-state index contributed by atoms with van der Waals surface area (Å²) < 4.78 is 16.7. The van der Waals surface area contributed by atoms with E-state index in [1.165, 1.54) is 5.57 Å². The molecule has 7 heteroatoms. The van der Waals surface area contributed by atoms with Crippen LogP contribution in [0.3, 0.4) is 0 Å². The Bertz CT molecular complexity index is 620. The van der Waals surface area contributed by atoms with Gasteiger partial charge in [-0.15, -0.1) is 24.0 Å². The van der Waals surface area contributed by atoms with Crippen LogP contribution >= 0.6 is 24.0 Å². The molecular formula is C18H26IN3O3. The van der Waals surface area contributed by atoms with Gasteiger partial charge in [-0.05, 0) is 25.0 Å². The maximum absolute atomic E-state index is 5.72. The summed E-state index contributed by atoms with van der Waals surface area (Å²) in [4.78, 5) is 4.27. The molecule has 2 N–H and O–H groups in total. The zero-order valence-corrected chi connectivity index (χ0v) is 16.9. The van der Waals surface area contributed by atoms with Crippen molar-refractivity contribution in [2.75, 3.05) is 45.3 Å². The minimum Gasteiger partial charge on any atom is -0.490 e. The fourth-order valence-corrected chi connectivity index (χ4v) is 2.69. The van der Waals surface area contributed by atoms with Gasteiger partial charge in [0.25, 0.3) is 0 Å². The van der Waals surface area contributed by atoms with Gasteiger partial charge < -0.3 is 24.8 Å². The second-order valence-electron chi connectivity index (χ2n) is 5.77. The number of benzene rings is 1. The Kier molecular flexibility index (Phi) is 8.33. The number of halogens is 1. The molecule has 2 aliphatic heterocycles. The van der Waals surface area contributed by atoms with Crippen molar-refractivity contribution in [2.24, 2.45) is 4.99 Å². The van der Waals surface area contributed by atoms with Gasteiger partial charge in [0.2, 0.25) is 0 Å². The van der Waals surface area contributed by atoms with Crippen LogP contribution in [0.1, 0.15) is 19.3 Å². The molecule has 1 aromatic rings. The highest BCUT2D eigenvalue weighted by Gasteiger charge is 2.11. The van der Waals surface area contributed by atoms with Crippen LogP contribution in [0.25, 0.3) is 0 Å². The summed E-state index contributed by atoms with van der Waals surface area (Å²) >= 11 is 0. The van der Waals surface area contributed by atoms with Gasteiger partial charge >= 0.3 is 0 Å². The van der Waals surface area contributed by atoms with E-state index < -0.39 is 0 Å². The largest absolute Gasteiger partial charge is 0.490 e. The van der Waals surface area contributed by atoms with Crippen molar-refractivity contribution in [3.05, 3.63) is 29.8 Å². The Labute approximate surface area is 166 Å². The number of anilines is 1. The van der Waals surface area contributed by atoms with E-state index in [0.717, 1.165) is 62.2 Å². The fraction of sp³-hybridized carbons (Fsp3) is 0.500. The monoisotopic (exact) mass is 459 g/mol. The average Bonchev–Trinajstić information content (AvgIpc) is 2.86. The Hall–Kier alpha value is -1.48. The number of hydrogen-bond donors (Lipinski definition) is 2. The van der Waals surface area contributed by atoms with Crippen molar-refractivity contribution in [3.63, 3.8) is 0 Å². The predicted molar refractivity (Wildman–Crippen MR) is 111 cm³/mol. The summed E-state index contributed by atoms with van der Waals surface area (Å²) in [6.07, 6.45) is 5.10. The molecule has 3 rings (SSSR count). The summed E-state index contributed by atoms with van der Waals surface area (Å²) in [5, 5.41) is 6.64. The molecule has 25 heavy (non-hydrogen) atoms. The maximum Gasteiger partial charge on any atom is 0.195 e. The van der Waals surface area contributed by atoms with E-state index in [9.17, 15) is 0 Å². The van der Waals surface area contributed by atoms with Crippen LogP contribution in [0.2, 0.25) is 0 Å². The number of nitrogens with one attached hydrogen (secondary N) is 2. The number of ether oxygens (including phenoxy) is 3. The summed E-state index contributed by atoms with van der Waals surface area (Å²) in [6, 6.07) is 5.86. The van der Waals surface area contributed by atoms with Crippen LogP contribution in [0.4, 0.5) is 5.69 Å². The third-order valence-electron chi connectivity index (χ3n) is 4.03. The van der Waals surface area contributed by atoms with Gasteiger partial charge in [0.15, 0.2) is 17.5 Å². The topological polar surface area (TPSA) is 64.1 Å². The fourth-order valence-electron chi connectivity index (χ4n) is 2.69. The Morgan fingerprint density at radius 2 is 2.00 bits per heavy atom. The first-order chi connectivity index (χ1) is 11.8. The van der Waals surface area contributed by atoms with Crippen LogP contribution in [0, 0.1) is 0 Å². The molecule has 0 amide bonds. The molecule has 1 aromatic carbocycles. The van der Waals surface area contributed by atoms with Gasteiger partial charge in [-0.3, -0.25) is 4.99 Å². The third-order valence-corrected chi connectivity index (χ3v) is 4.03. The average molecular weight is 459 g/mol. The van der Waals surface area contributed by atoms with Gasteiger partial charge in [-0.2, -0.15) is 0 Å². The zero-order valence-electron chi connectivity index (χ0n) is 14.5. The molecule has 0 spiro atoms. The quantitative estimate of drug-likeness (QED) is 0.314. The van der Waals surface area contributed by atoms with E-state index in [4.69, 9.17) is 14.2 Å². The summed E-state index contributed by atoms with van der Waals surface area (Å²) in [6.45, 7) is 3.79. The second-order valence-corrected chi connectivity index (χ2v) is 5.77. The van der Waals surface area contributed by atoms with Crippen LogP contribution < -0.4 is 20.1 Å². The summed E-state index contributed by atoms with van der Waals surface area (Å²) in [5.41, 5.74) is 2.37. The first-order valence-corrected chi connectivity index (χ1v) is 8.48. The third kappa shape index (κ3) is 6.07. The Morgan fingerprint density at radius 1 is 1.16 bits per heavy atom. The van der Waals surface area contributed by atoms with Crippen molar-refractivity contribution >= 4 is 35.6 Å². The van der Waals surface area contributed by atoms with Crippen molar-refractivity contribution in [3.8, 4) is 11.5 Å². The van der Waals surface area contributed by atoms with Crippen molar-refractivity contribution < 1.29 is 14.2 Å². The molecule has 6 nitrogen and oxygen atoms in total. The SMILES string of the molecule is CN=C(NCCC1=CCOCC1)Nc1ccc2c(c1)OCCCO2.I. The molecule has 138 valence electrons.